The van der Waals surface area contributed by atoms with Crippen LogP contribution in [0.5, 0.6) is 5.75 Å². The molecule has 0 aliphatic carbocycles. The molecule has 3 N–H and O–H groups in total. The van der Waals surface area contributed by atoms with E-state index in [1.165, 1.54) is 0 Å². The third-order valence-corrected chi connectivity index (χ3v) is 5.58. The van der Waals surface area contributed by atoms with Crippen LogP contribution in [0.4, 0.5) is 5.95 Å². The molecular weight excluding hydrogens is 416 g/mol. The van der Waals surface area contributed by atoms with Gasteiger partial charge in [-0.1, -0.05) is 17.3 Å². The molecule has 0 atom stereocenters. The lowest BCUT2D eigenvalue weighted by molar-refractivity contribution is 0.415. The second-order valence-corrected chi connectivity index (χ2v) is 7.61. The normalized spacial score (nSPS) is 10.9. The summed E-state index contributed by atoms with van der Waals surface area (Å²) in [6, 6.07) is 15.4. The largest absolute Gasteiger partial charge is 0.497 e. The molecule has 9 nitrogen and oxygen atoms in total. The molecule has 0 aliphatic rings. The van der Waals surface area contributed by atoms with Gasteiger partial charge in [0.1, 0.15) is 11.4 Å². The fraction of sp³-hybridized carbons (Fsp3) is 0.125. The molecule has 0 amide bonds. The Hall–Kier alpha value is -4.71. The van der Waals surface area contributed by atoms with Gasteiger partial charge < -0.3 is 15.5 Å². The van der Waals surface area contributed by atoms with Crippen molar-refractivity contribution in [1.82, 2.24) is 29.9 Å². The minimum absolute atomic E-state index is 0.129. The van der Waals surface area contributed by atoms with Gasteiger partial charge >= 0.3 is 0 Å². The first kappa shape index (κ1) is 20.2. The Morgan fingerprint density at radius 1 is 1.12 bits per heavy atom. The van der Waals surface area contributed by atoms with Crippen molar-refractivity contribution in [3.8, 4) is 34.5 Å². The third-order valence-electron chi connectivity index (χ3n) is 5.58. The fourth-order valence-corrected chi connectivity index (χ4v) is 3.86. The lowest BCUT2D eigenvalue weighted by Crippen LogP contribution is -2.00. The first-order chi connectivity index (χ1) is 16.1. The highest BCUT2D eigenvalue weighted by Crippen LogP contribution is 2.28. The SMILES string of the molecule is COc1ccc2c(Cn3cc(-c4cc(-c5cccc(C#N)c5C)nc(N)n4)nn3)c[nH]c2c1. The number of anilines is 1. The molecule has 0 unspecified atom stereocenters. The van der Waals surface area contributed by atoms with Gasteiger partial charge in [-0.05, 0) is 42.3 Å². The van der Waals surface area contributed by atoms with Gasteiger partial charge in [0.25, 0.3) is 0 Å². The molecule has 33 heavy (non-hydrogen) atoms. The van der Waals surface area contributed by atoms with Crippen LogP contribution in [0.2, 0.25) is 0 Å². The zero-order chi connectivity index (χ0) is 22.9. The third kappa shape index (κ3) is 3.74. The number of nitrogens with zero attached hydrogens (tertiary/aromatic N) is 6. The summed E-state index contributed by atoms with van der Waals surface area (Å²) >= 11 is 0. The number of aromatic nitrogens is 6. The van der Waals surface area contributed by atoms with Crippen LogP contribution < -0.4 is 10.5 Å². The van der Waals surface area contributed by atoms with Gasteiger partial charge in [0, 0.05) is 28.7 Å². The van der Waals surface area contributed by atoms with Crippen LogP contribution in [-0.2, 0) is 6.54 Å². The van der Waals surface area contributed by atoms with Crippen LogP contribution >= 0.6 is 0 Å². The van der Waals surface area contributed by atoms with Crippen LogP contribution in [0.15, 0.2) is 54.9 Å². The summed E-state index contributed by atoms with van der Waals surface area (Å²) in [7, 11) is 1.65. The quantitative estimate of drug-likeness (QED) is 0.429. The van der Waals surface area contributed by atoms with E-state index in [2.05, 4.69) is 31.3 Å². The number of H-pyrrole nitrogens is 1. The van der Waals surface area contributed by atoms with Gasteiger partial charge in [-0.2, -0.15) is 5.26 Å². The predicted molar refractivity (Wildman–Crippen MR) is 124 cm³/mol. The summed E-state index contributed by atoms with van der Waals surface area (Å²) in [5, 5.41) is 19.0. The average molecular weight is 436 g/mol. The first-order valence-corrected chi connectivity index (χ1v) is 10.2. The summed E-state index contributed by atoms with van der Waals surface area (Å²) < 4.78 is 7.04. The maximum atomic E-state index is 9.34. The van der Waals surface area contributed by atoms with E-state index in [1.54, 1.807) is 17.9 Å². The molecule has 162 valence electrons. The molecule has 5 rings (SSSR count). The van der Waals surface area contributed by atoms with E-state index < -0.39 is 0 Å². The second-order valence-electron chi connectivity index (χ2n) is 7.61. The van der Waals surface area contributed by atoms with Crippen LogP contribution in [0, 0.1) is 18.3 Å². The van der Waals surface area contributed by atoms with Crippen LogP contribution in [0.1, 0.15) is 16.7 Å². The van der Waals surface area contributed by atoms with Crippen molar-refractivity contribution in [1.29, 1.82) is 5.26 Å². The Labute approximate surface area is 189 Å². The van der Waals surface area contributed by atoms with Gasteiger partial charge in [-0.15, -0.1) is 5.10 Å². The topological polar surface area (TPSA) is 131 Å². The fourth-order valence-electron chi connectivity index (χ4n) is 3.86. The number of rotatable bonds is 5. The number of nitriles is 1. The maximum absolute atomic E-state index is 9.34. The van der Waals surface area contributed by atoms with Gasteiger partial charge in [0.15, 0.2) is 0 Å². The number of hydrogen-bond acceptors (Lipinski definition) is 7. The molecule has 0 aliphatic heterocycles. The van der Waals surface area contributed by atoms with E-state index in [-0.39, 0.29) is 5.95 Å². The van der Waals surface area contributed by atoms with Gasteiger partial charge in [0.05, 0.1) is 42.9 Å². The van der Waals surface area contributed by atoms with Crippen molar-refractivity contribution in [2.24, 2.45) is 0 Å². The van der Waals surface area contributed by atoms with Crippen molar-refractivity contribution in [2.45, 2.75) is 13.5 Å². The molecular formula is C24H20N8O. The number of methoxy groups -OCH3 is 1. The Morgan fingerprint density at radius 2 is 1.97 bits per heavy atom. The highest BCUT2D eigenvalue weighted by molar-refractivity contribution is 5.84. The zero-order valence-corrected chi connectivity index (χ0v) is 18.1. The summed E-state index contributed by atoms with van der Waals surface area (Å²) in [6.45, 7) is 2.43. The second kappa shape index (κ2) is 8.09. The standard InChI is InChI=1S/C24H20N8O/c1-14-15(10-25)4-3-5-18(14)21-9-22(29-24(26)28-21)23-13-32(31-30-23)12-16-11-27-20-8-17(33-2)6-7-19(16)20/h3-9,11,13,27H,12H2,1-2H3,(H2,26,28,29). The molecule has 0 saturated carbocycles. The molecule has 0 fully saturated rings. The number of nitrogens with one attached hydrogen (secondary N) is 1. The number of nitrogens with two attached hydrogens (primary N) is 1. The number of aromatic amines is 1. The maximum Gasteiger partial charge on any atom is 0.221 e. The van der Waals surface area contributed by atoms with Crippen molar-refractivity contribution >= 4 is 16.9 Å². The van der Waals surface area contributed by atoms with Crippen LogP contribution in [0.25, 0.3) is 33.5 Å². The number of ether oxygens (including phenoxy) is 1. The first-order valence-electron chi connectivity index (χ1n) is 10.2. The summed E-state index contributed by atoms with van der Waals surface area (Å²) in [6.07, 6.45) is 3.78. The summed E-state index contributed by atoms with van der Waals surface area (Å²) in [5.41, 5.74) is 12.1. The van der Waals surface area contributed by atoms with Gasteiger partial charge in [0.2, 0.25) is 5.95 Å². The highest BCUT2D eigenvalue weighted by atomic mass is 16.5. The van der Waals surface area contributed by atoms with E-state index in [1.807, 2.05) is 55.7 Å². The number of hydrogen-bond donors (Lipinski definition) is 2. The lowest BCUT2D eigenvalue weighted by Gasteiger charge is -2.08. The number of benzene rings is 2. The van der Waals surface area contributed by atoms with Crippen molar-refractivity contribution in [3.05, 3.63) is 71.5 Å². The van der Waals surface area contributed by atoms with E-state index in [9.17, 15) is 5.26 Å². The number of nitrogen functional groups attached to an aromatic ring is 1. The Kier molecular flexibility index (Phi) is 4.95. The molecule has 0 spiro atoms. The minimum atomic E-state index is 0.129. The molecule has 3 heterocycles. The minimum Gasteiger partial charge on any atom is -0.497 e. The number of fused-ring (bicyclic) bond motifs is 1. The monoisotopic (exact) mass is 436 g/mol. The molecule has 5 aromatic rings. The Balaban J connectivity index is 1.47. The predicted octanol–water partition coefficient (Wildman–Crippen LogP) is 3.70. The lowest BCUT2D eigenvalue weighted by atomic mass is 10.00. The van der Waals surface area contributed by atoms with Gasteiger partial charge in [-0.25, -0.2) is 14.6 Å². The zero-order valence-electron chi connectivity index (χ0n) is 18.1. The molecule has 0 radical (unpaired) electrons. The van der Waals surface area contributed by atoms with Crippen molar-refractivity contribution < 1.29 is 4.74 Å². The van der Waals surface area contributed by atoms with E-state index in [0.29, 0.717) is 29.2 Å². The Morgan fingerprint density at radius 3 is 2.79 bits per heavy atom. The summed E-state index contributed by atoms with van der Waals surface area (Å²) in [5.74, 6) is 0.927. The average Bonchev–Trinajstić information content (AvgIpc) is 3.46. The molecule has 2 aromatic carbocycles. The Bertz CT molecular complexity index is 1530. The molecule has 9 heteroatoms. The van der Waals surface area contributed by atoms with Crippen molar-refractivity contribution in [2.75, 3.05) is 12.8 Å². The molecule has 0 saturated heterocycles. The van der Waals surface area contributed by atoms with Crippen molar-refractivity contribution in [3.63, 3.8) is 0 Å². The molecule has 3 aromatic heterocycles. The summed E-state index contributed by atoms with van der Waals surface area (Å²) in [4.78, 5) is 12.0. The molecule has 0 bridgehead atoms. The van der Waals surface area contributed by atoms with E-state index in [4.69, 9.17) is 10.5 Å². The highest BCUT2D eigenvalue weighted by Gasteiger charge is 2.14. The van der Waals surface area contributed by atoms with Crippen LogP contribution in [-0.4, -0.2) is 37.1 Å². The van der Waals surface area contributed by atoms with E-state index in [0.717, 1.165) is 33.3 Å². The van der Waals surface area contributed by atoms with Gasteiger partial charge in [-0.3, -0.25) is 0 Å². The smallest absolute Gasteiger partial charge is 0.221 e. The van der Waals surface area contributed by atoms with E-state index >= 15 is 0 Å². The van der Waals surface area contributed by atoms with Crippen LogP contribution in [0.3, 0.4) is 0 Å².